The number of amides is 2. The second kappa shape index (κ2) is 8.65. The molecule has 1 heterocycles. The van der Waals surface area contributed by atoms with E-state index in [0.29, 0.717) is 34.6 Å². The van der Waals surface area contributed by atoms with E-state index in [0.717, 1.165) is 28.9 Å². The van der Waals surface area contributed by atoms with Gasteiger partial charge in [-0.2, -0.15) is 0 Å². The molecule has 0 saturated heterocycles. The lowest BCUT2D eigenvalue weighted by molar-refractivity contribution is 0.0922. The van der Waals surface area contributed by atoms with E-state index >= 15 is 0 Å². The fourth-order valence-electron chi connectivity index (χ4n) is 5.48. The molecule has 35 heavy (non-hydrogen) atoms. The van der Waals surface area contributed by atoms with Gasteiger partial charge in [-0.25, -0.2) is 9.37 Å². The van der Waals surface area contributed by atoms with Crippen molar-refractivity contribution in [3.63, 3.8) is 0 Å². The Morgan fingerprint density at radius 2 is 1.66 bits per heavy atom. The molecule has 0 aliphatic heterocycles. The highest BCUT2D eigenvalue weighted by Gasteiger charge is 2.40. The average Bonchev–Trinajstić information content (AvgIpc) is 3.61. The molecular weight excluding hydrogens is 443 g/mol. The fourth-order valence-corrected chi connectivity index (χ4v) is 5.48. The summed E-state index contributed by atoms with van der Waals surface area (Å²) in [6, 6.07) is 18.6. The van der Waals surface area contributed by atoms with E-state index in [9.17, 15) is 14.0 Å². The Balaban J connectivity index is 1.16. The van der Waals surface area contributed by atoms with Gasteiger partial charge in [0.2, 0.25) is 0 Å². The summed E-state index contributed by atoms with van der Waals surface area (Å²) in [6.07, 6.45) is 4.91. The third-order valence-corrected chi connectivity index (χ3v) is 7.32. The molecule has 4 aromatic rings. The quantitative estimate of drug-likeness (QED) is 0.359. The van der Waals surface area contributed by atoms with Crippen molar-refractivity contribution in [2.45, 2.75) is 31.7 Å². The number of benzene rings is 3. The van der Waals surface area contributed by atoms with Gasteiger partial charge in [-0.1, -0.05) is 18.6 Å². The molecule has 6 rings (SSSR count). The highest BCUT2D eigenvalue weighted by molar-refractivity contribution is 6.06. The predicted octanol–water partition coefficient (Wildman–Crippen LogP) is 5.54. The average molecular weight is 469 g/mol. The number of hydrogen-bond acceptors (Lipinski definition) is 3. The summed E-state index contributed by atoms with van der Waals surface area (Å²) in [5.74, 6) is 1.42. The minimum atomic E-state index is -0.358. The van der Waals surface area contributed by atoms with E-state index in [4.69, 9.17) is 0 Å². The van der Waals surface area contributed by atoms with Crippen molar-refractivity contribution in [3.8, 4) is 11.4 Å². The molecule has 6 nitrogen and oxygen atoms in total. The van der Waals surface area contributed by atoms with Crippen molar-refractivity contribution in [2.75, 3.05) is 5.32 Å². The number of nitrogens with one attached hydrogen (secondary N) is 3. The number of anilines is 1. The molecule has 2 amide bonds. The number of aromatic nitrogens is 2. The number of rotatable bonds is 5. The van der Waals surface area contributed by atoms with E-state index in [1.807, 2.05) is 24.3 Å². The molecule has 3 aromatic carbocycles. The lowest BCUT2D eigenvalue weighted by Gasteiger charge is -2.22. The molecule has 3 unspecified atom stereocenters. The van der Waals surface area contributed by atoms with Crippen LogP contribution in [0.2, 0.25) is 0 Å². The minimum Gasteiger partial charge on any atom is -0.349 e. The summed E-state index contributed by atoms with van der Waals surface area (Å²) in [4.78, 5) is 33.2. The first-order chi connectivity index (χ1) is 17.0. The minimum absolute atomic E-state index is 0.0180. The van der Waals surface area contributed by atoms with E-state index in [1.165, 1.54) is 43.5 Å². The van der Waals surface area contributed by atoms with Crippen LogP contribution in [-0.4, -0.2) is 27.8 Å². The number of hydrogen-bond donors (Lipinski definition) is 3. The van der Waals surface area contributed by atoms with Crippen LogP contribution in [0.4, 0.5) is 10.1 Å². The zero-order valence-electron chi connectivity index (χ0n) is 19.1. The van der Waals surface area contributed by atoms with E-state index < -0.39 is 0 Å². The third-order valence-electron chi connectivity index (χ3n) is 7.32. The molecule has 2 aliphatic rings. The molecule has 2 bridgehead atoms. The molecule has 3 N–H and O–H groups in total. The van der Waals surface area contributed by atoms with Crippen LogP contribution in [0, 0.1) is 17.7 Å². The van der Waals surface area contributed by atoms with Crippen LogP contribution in [0.3, 0.4) is 0 Å². The molecule has 2 aliphatic carbocycles. The first-order valence-electron chi connectivity index (χ1n) is 12.0. The molecular formula is C28H25FN4O2. The SMILES string of the molecule is O=C(Nc1ccc(F)cc1)c1ccc2nc(-c3ccc(C(=O)NC4CC5CCC4C5)cc3)[nH]c2c1. The van der Waals surface area contributed by atoms with Crippen LogP contribution in [0.1, 0.15) is 46.4 Å². The van der Waals surface area contributed by atoms with Gasteiger partial charge in [-0.3, -0.25) is 9.59 Å². The van der Waals surface area contributed by atoms with Crippen molar-refractivity contribution in [2.24, 2.45) is 11.8 Å². The van der Waals surface area contributed by atoms with Crippen molar-refractivity contribution in [3.05, 3.63) is 83.7 Å². The maximum atomic E-state index is 13.1. The second-order valence-corrected chi connectivity index (χ2v) is 9.61. The van der Waals surface area contributed by atoms with Crippen LogP contribution in [-0.2, 0) is 0 Å². The van der Waals surface area contributed by atoms with Crippen LogP contribution in [0.5, 0.6) is 0 Å². The Kier molecular flexibility index (Phi) is 5.32. The zero-order chi connectivity index (χ0) is 23.9. The van der Waals surface area contributed by atoms with E-state index in [1.54, 1.807) is 18.2 Å². The normalized spacial score (nSPS) is 20.8. The summed E-state index contributed by atoms with van der Waals surface area (Å²) in [5.41, 5.74) is 3.94. The number of fused-ring (bicyclic) bond motifs is 3. The molecule has 3 atom stereocenters. The first kappa shape index (κ1) is 21.5. The topological polar surface area (TPSA) is 86.9 Å². The zero-order valence-corrected chi connectivity index (χ0v) is 19.1. The Morgan fingerprint density at radius 3 is 2.37 bits per heavy atom. The van der Waals surface area contributed by atoms with Gasteiger partial charge >= 0.3 is 0 Å². The third kappa shape index (κ3) is 4.30. The Hall–Kier alpha value is -4.00. The van der Waals surface area contributed by atoms with Gasteiger partial charge in [0.25, 0.3) is 11.8 Å². The predicted molar refractivity (Wildman–Crippen MR) is 133 cm³/mol. The van der Waals surface area contributed by atoms with Gasteiger partial charge in [0, 0.05) is 28.4 Å². The molecule has 7 heteroatoms. The van der Waals surface area contributed by atoms with Crippen molar-refractivity contribution >= 4 is 28.5 Å². The maximum Gasteiger partial charge on any atom is 0.255 e. The smallest absolute Gasteiger partial charge is 0.255 e. The molecule has 0 radical (unpaired) electrons. The Bertz CT molecular complexity index is 1410. The van der Waals surface area contributed by atoms with Gasteiger partial charge in [0.15, 0.2) is 0 Å². The molecule has 2 fully saturated rings. The first-order valence-corrected chi connectivity index (χ1v) is 12.0. The number of aromatic amines is 1. The number of carbonyl (C=O) groups excluding carboxylic acids is 2. The van der Waals surface area contributed by atoms with E-state index in [2.05, 4.69) is 20.6 Å². The summed E-state index contributed by atoms with van der Waals surface area (Å²) < 4.78 is 13.1. The van der Waals surface area contributed by atoms with Crippen LogP contribution in [0.15, 0.2) is 66.7 Å². The summed E-state index contributed by atoms with van der Waals surface area (Å²) in [6.45, 7) is 0. The van der Waals surface area contributed by atoms with Gasteiger partial charge in [-0.05, 0) is 85.7 Å². The second-order valence-electron chi connectivity index (χ2n) is 9.61. The molecule has 176 valence electrons. The van der Waals surface area contributed by atoms with Crippen LogP contribution >= 0.6 is 0 Å². The summed E-state index contributed by atoms with van der Waals surface area (Å²) in [5, 5.41) is 5.99. The Labute approximate surface area is 202 Å². The van der Waals surface area contributed by atoms with Gasteiger partial charge in [-0.15, -0.1) is 0 Å². The summed E-state index contributed by atoms with van der Waals surface area (Å²) in [7, 11) is 0. The van der Waals surface area contributed by atoms with Crippen molar-refractivity contribution in [1.82, 2.24) is 15.3 Å². The van der Waals surface area contributed by atoms with Crippen LogP contribution in [0.25, 0.3) is 22.4 Å². The van der Waals surface area contributed by atoms with Crippen molar-refractivity contribution in [1.29, 1.82) is 0 Å². The van der Waals surface area contributed by atoms with Crippen molar-refractivity contribution < 1.29 is 14.0 Å². The van der Waals surface area contributed by atoms with Crippen LogP contribution < -0.4 is 10.6 Å². The number of carbonyl (C=O) groups is 2. The molecule has 2 saturated carbocycles. The highest BCUT2D eigenvalue weighted by atomic mass is 19.1. The van der Waals surface area contributed by atoms with Gasteiger partial charge < -0.3 is 15.6 Å². The van der Waals surface area contributed by atoms with E-state index in [-0.39, 0.29) is 17.6 Å². The number of nitrogens with zero attached hydrogens (tertiary/aromatic N) is 1. The van der Waals surface area contributed by atoms with Gasteiger partial charge in [0.1, 0.15) is 11.6 Å². The fraction of sp³-hybridized carbons (Fsp3) is 0.250. The van der Waals surface area contributed by atoms with Gasteiger partial charge in [0.05, 0.1) is 11.0 Å². The maximum absolute atomic E-state index is 13.1. The largest absolute Gasteiger partial charge is 0.349 e. The number of H-pyrrole nitrogens is 1. The summed E-state index contributed by atoms with van der Waals surface area (Å²) >= 11 is 0. The lowest BCUT2D eigenvalue weighted by atomic mass is 9.95. The number of halogens is 1. The molecule has 0 spiro atoms. The standard InChI is InChI=1S/C28H25FN4O2/c29-21-8-10-22(11-9-21)30-28(35)20-7-12-23-25(15-20)32-26(31-23)17-3-5-18(6-4-17)27(34)33-24-14-16-1-2-19(24)13-16/h3-12,15-16,19,24H,1-2,13-14H2,(H,30,35)(H,31,32)(H,33,34). The highest BCUT2D eigenvalue weighted by Crippen LogP contribution is 2.44. The molecule has 1 aromatic heterocycles. The number of imidazole rings is 1. The Morgan fingerprint density at radius 1 is 0.886 bits per heavy atom. The lowest BCUT2D eigenvalue weighted by Crippen LogP contribution is -2.38. The monoisotopic (exact) mass is 468 g/mol.